The van der Waals surface area contributed by atoms with Crippen LogP contribution in [0.1, 0.15) is 24.8 Å². The largest absolute Gasteiger partial charge is 0.369 e. The van der Waals surface area contributed by atoms with E-state index in [1.807, 2.05) is 0 Å². The van der Waals surface area contributed by atoms with Gasteiger partial charge in [0.15, 0.2) is 0 Å². The van der Waals surface area contributed by atoms with E-state index in [2.05, 4.69) is 5.32 Å². The van der Waals surface area contributed by atoms with E-state index in [4.69, 9.17) is 5.73 Å². The molecule has 0 bridgehead atoms. The van der Waals surface area contributed by atoms with Crippen molar-refractivity contribution in [3.8, 4) is 0 Å². The molecule has 19 heavy (non-hydrogen) atoms. The third-order valence-electron chi connectivity index (χ3n) is 3.43. The van der Waals surface area contributed by atoms with Gasteiger partial charge in [-0.25, -0.2) is 4.39 Å². The van der Waals surface area contributed by atoms with Crippen LogP contribution in [-0.2, 0) is 11.2 Å². The summed E-state index contributed by atoms with van der Waals surface area (Å²) in [6.45, 7) is 1.89. The van der Waals surface area contributed by atoms with E-state index in [1.165, 1.54) is 17.7 Å². The number of hydrogen-bond donors (Lipinski definition) is 2. The number of benzene rings is 1. The highest BCUT2D eigenvalue weighted by Crippen LogP contribution is 2.22. The van der Waals surface area contributed by atoms with Gasteiger partial charge >= 0.3 is 0 Å². The van der Waals surface area contributed by atoms with Crippen LogP contribution in [0.2, 0.25) is 0 Å². The molecule has 3 N–H and O–H groups in total. The molecular formula is C15H19FN2O. The number of carbonyl (C=O) groups excluding carboxylic acids is 1. The molecule has 1 aromatic carbocycles. The van der Waals surface area contributed by atoms with Gasteiger partial charge in [-0.2, -0.15) is 0 Å². The zero-order valence-corrected chi connectivity index (χ0v) is 10.9. The normalized spacial score (nSPS) is 15.3. The average Bonchev–Trinajstić information content (AvgIpc) is 2.41. The molecule has 1 aliphatic heterocycles. The predicted molar refractivity (Wildman–Crippen MR) is 73.0 cm³/mol. The van der Waals surface area contributed by atoms with Crippen LogP contribution in [0.3, 0.4) is 0 Å². The third kappa shape index (κ3) is 4.17. The van der Waals surface area contributed by atoms with Crippen LogP contribution in [0.4, 0.5) is 4.39 Å². The molecule has 0 aliphatic carbocycles. The topological polar surface area (TPSA) is 55.1 Å². The quantitative estimate of drug-likeness (QED) is 0.815. The molecular weight excluding hydrogens is 243 g/mol. The standard InChI is InChI=1S/C15H19FN2O/c16-14-3-1-11(2-4-14)9-13(10-15(17)19)12-5-7-18-8-6-12/h1-4,18H,5-10H2,(H2,17,19). The first kappa shape index (κ1) is 13.7. The molecule has 0 spiro atoms. The second-order valence-corrected chi connectivity index (χ2v) is 4.90. The second kappa shape index (κ2) is 6.48. The van der Waals surface area contributed by atoms with Gasteiger partial charge in [0.1, 0.15) is 5.82 Å². The summed E-state index contributed by atoms with van der Waals surface area (Å²) in [6.07, 6.45) is 2.90. The molecule has 0 aromatic heterocycles. The second-order valence-electron chi connectivity index (χ2n) is 4.90. The monoisotopic (exact) mass is 262 g/mol. The maximum absolute atomic E-state index is 12.9. The molecule has 1 aliphatic rings. The summed E-state index contributed by atoms with van der Waals surface area (Å²) < 4.78 is 12.9. The lowest BCUT2D eigenvalue weighted by atomic mass is 9.92. The maximum Gasteiger partial charge on any atom is 0.221 e. The Hall–Kier alpha value is -1.68. The van der Waals surface area contributed by atoms with Crippen LogP contribution in [-0.4, -0.2) is 19.0 Å². The van der Waals surface area contributed by atoms with Gasteiger partial charge in [0, 0.05) is 6.42 Å². The highest BCUT2D eigenvalue weighted by Gasteiger charge is 2.13. The highest BCUT2D eigenvalue weighted by atomic mass is 19.1. The summed E-state index contributed by atoms with van der Waals surface area (Å²) in [6, 6.07) is 6.42. The maximum atomic E-state index is 12.9. The minimum atomic E-state index is -0.303. The summed E-state index contributed by atoms with van der Waals surface area (Å²) in [5, 5.41) is 3.29. The van der Waals surface area contributed by atoms with Crippen molar-refractivity contribution in [2.24, 2.45) is 5.73 Å². The number of rotatable bonds is 4. The van der Waals surface area contributed by atoms with E-state index in [9.17, 15) is 9.18 Å². The van der Waals surface area contributed by atoms with Gasteiger partial charge < -0.3 is 11.1 Å². The summed E-state index contributed by atoms with van der Waals surface area (Å²) in [5.41, 5.74) is 8.77. The molecule has 1 aromatic rings. The molecule has 1 fully saturated rings. The van der Waals surface area contributed by atoms with Gasteiger partial charge in [-0.15, -0.1) is 0 Å². The summed E-state index contributed by atoms with van der Waals surface area (Å²) >= 11 is 0. The lowest BCUT2D eigenvalue weighted by Gasteiger charge is -2.20. The predicted octanol–water partition coefficient (Wildman–Crippen LogP) is 1.92. The fraction of sp³-hybridized carbons (Fsp3) is 0.400. The fourth-order valence-corrected chi connectivity index (χ4v) is 2.45. The molecule has 0 saturated carbocycles. The molecule has 1 amide bonds. The molecule has 0 unspecified atom stereocenters. The summed E-state index contributed by atoms with van der Waals surface area (Å²) in [4.78, 5) is 11.2. The Balaban J connectivity index is 2.17. The van der Waals surface area contributed by atoms with Gasteiger partial charge in [0.05, 0.1) is 0 Å². The number of primary amides is 1. The van der Waals surface area contributed by atoms with Crippen LogP contribution in [0, 0.1) is 5.82 Å². The molecule has 4 heteroatoms. The van der Waals surface area contributed by atoms with Gasteiger partial charge in [-0.05, 0) is 50.0 Å². The van der Waals surface area contributed by atoms with Gasteiger partial charge in [0.2, 0.25) is 5.91 Å². The van der Waals surface area contributed by atoms with Crippen LogP contribution in [0.15, 0.2) is 35.4 Å². The smallest absolute Gasteiger partial charge is 0.221 e. The molecule has 3 nitrogen and oxygen atoms in total. The molecule has 2 rings (SSSR count). The van der Waals surface area contributed by atoms with Crippen LogP contribution in [0.5, 0.6) is 0 Å². The minimum Gasteiger partial charge on any atom is -0.369 e. The zero-order chi connectivity index (χ0) is 13.7. The number of amides is 1. The van der Waals surface area contributed by atoms with E-state index in [0.29, 0.717) is 12.8 Å². The number of halogens is 1. The molecule has 0 radical (unpaired) electrons. The van der Waals surface area contributed by atoms with E-state index in [-0.39, 0.29) is 11.7 Å². The summed E-state index contributed by atoms with van der Waals surface area (Å²) in [5.74, 6) is -0.544. The van der Waals surface area contributed by atoms with Crippen molar-refractivity contribution >= 4 is 5.91 Å². The Morgan fingerprint density at radius 2 is 1.84 bits per heavy atom. The van der Waals surface area contributed by atoms with Crippen molar-refractivity contribution in [2.45, 2.75) is 25.7 Å². The molecule has 1 saturated heterocycles. The number of nitrogens with one attached hydrogen (secondary N) is 1. The Morgan fingerprint density at radius 1 is 1.21 bits per heavy atom. The summed E-state index contributed by atoms with van der Waals surface area (Å²) in [7, 11) is 0. The van der Waals surface area contributed by atoms with Gasteiger partial charge in [0.25, 0.3) is 0 Å². The Labute approximate surface area is 112 Å². The van der Waals surface area contributed by atoms with Gasteiger partial charge in [-0.1, -0.05) is 23.3 Å². The van der Waals surface area contributed by atoms with E-state index >= 15 is 0 Å². The van der Waals surface area contributed by atoms with Crippen molar-refractivity contribution in [1.29, 1.82) is 0 Å². The van der Waals surface area contributed by atoms with Crippen LogP contribution in [0.25, 0.3) is 0 Å². The first-order valence-corrected chi connectivity index (χ1v) is 6.58. The first-order valence-electron chi connectivity index (χ1n) is 6.58. The number of carbonyl (C=O) groups is 1. The number of hydrogen-bond acceptors (Lipinski definition) is 2. The van der Waals surface area contributed by atoms with Crippen molar-refractivity contribution in [1.82, 2.24) is 5.32 Å². The minimum absolute atomic E-state index is 0.241. The average molecular weight is 262 g/mol. The third-order valence-corrected chi connectivity index (χ3v) is 3.43. The van der Waals surface area contributed by atoms with E-state index in [0.717, 1.165) is 37.1 Å². The molecule has 102 valence electrons. The van der Waals surface area contributed by atoms with Crippen molar-refractivity contribution in [3.63, 3.8) is 0 Å². The van der Waals surface area contributed by atoms with E-state index < -0.39 is 0 Å². The Bertz CT molecular complexity index is 471. The van der Waals surface area contributed by atoms with Crippen LogP contribution < -0.4 is 11.1 Å². The number of nitrogens with two attached hydrogens (primary N) is 1. The van der Waals surface area contributed by atoms with Gasteiger partial charge in [-0.3, -0.25) is 4.79 Å². The highest BCUT2D eigenvalue weighted by molar-refractivity contribution is 5.76. The lowest BCUT2D eigenvalue weighted by molar-refractivity contribution is -0.117. The number of piperidine rings is 1. The zero-order valence-electron chi connectivity index (χ0n) is 10.9. The van der Waals surface area contributed by atoms with Crippen molar-refractivity contribution in [3.05, 3.63) is 46.8 Å². The first-order chi connectivity index (χ1) is 9.15. The van der Waals surface area contributed by atoms with Crippen molar-refractivity contribution < 1.29 is 9.18 Å². The van der Waals surface area contributed by atoms with Crippen molar-refractivity contribution in [2.75, 3.05) is 13.1 Å². The fourth-order valence-electron chi connectivity index (χ4n) is 2.45. The Kier molecular flexibility index (Phi) is 4.68. The lowest BCUT2D eigenvalue weighted by Crippen LogP contribution is -2.25. The van der Waals surface area contributed by atoms with Crippen LogP contribution >= 0.6 is 0 Å². The molecule has 1 heterocycles. The Morgan fingerprint density at radius 3 is 2.42 bits per heavy atom. The molecule has 0 atom stereocenters. The SMILES string of the molecule is NC(=O)CC(Cc1ccc(F)cc1)=C1CCNCC1. The van der Waals surface area contributed by atoms with E-state index in [1.54, 1.807) is 12.1 Å².